The van der Waals surface area contributed by atoms with E-state index in [9.17, 15) is 14.4 Å². The summed E-state index contributed by atoms with van der Waals surface area (Å²) in [5.74, 6) is -1.39. The van der Waals surface area contributed by atoms with Gasteiger partial charge in [0.2, 0.25) is 0 Å². The Labute approximate surface area is 109 Å². The number of aromatic amines is 1. The van der Waals surface area contributed by atoms with Crippen LogP contribution in [0.25, 0.3) is 5.69 Å². The van der Waals surface area contributed by atoms with Gasteiger partial charge in [-0.1, -0.05) is 15.9 Å². The topological polar surface area (TPSA) is 92.2 Å². The van der Waals surface area contributed by atoms with Crippen LogP contribution in [0.3, 0.4) is 0 Å². The maximum Gasteiger partial charge on any atom is 0.342 e. The fourth-order valence-electron chi connectivity index (χ4n) is 1.42. The summed E-state index contributed by atoms with van der Waals surface area (Å²) in [4.78, 5) is 35.7. The Morgan fingerprint density at radius 3 is 2.39 bits per heavy atom. The Bertz CT molecular complexity index is 715. The van der Waals surface area contributed by atoms with Gasteiger partial charge in [-0.15, -0.1) is 0 Å². The number of hydrogen-bond acceptors (Lipinski definition) is 3. The van der Waals surface area contributed by atoms with Crippen LogP contribution in [-0.4, -0.2) is 20.6 Å². The number of aromatic carboxylic acids is 1. The molecule has 0 aliphatic heterocycles. The first kappa shape index (κ1) is 12.3. The predicted octanol–water partition coefficient (Wildman–Crippen LogP) is 0.986. The molecule has 2 N–H and O–H groups in total. The third kappa shape index (κ3) is 2.25. The van der Waals surface area contributed by atoms with Crippen molar-refractivity contribution in [2.45, 2.75) is 0 Å². The van der Waals surface area contributed by atoms with Gasteiger partial charge in [-0.2, -0.15) is 0 Å². The molecule has 7 heteroatoms. The van der Waals surface area contributed by atoms with Crippen molar-refractivity contribution in [3.63, 3.8) is 0 Å². The van der Waals surface area contributed by atoms with Crippen molar-refractivity contribution >= 4 is 21.9 Å². The van der Waals surface area contributed by atoms with E-state index in [-0.39, 0.29) is 0 Å². The molecule has 0 atom stereocenters. The number of nitrogens with zero attached hydrogens (tertiary/aromatic N) is 1. The van der Waals surface area contributed by atoms with E-state index in [1.807, 2.05) is 4.98 Å². The van der Waals surface area contributed by atoms with Crippen LogP contribution in [0, 0.1) is 0 Å². The Morgan fingerprint density at radius 1 is 1.22 bits per heavy atom. The van der Waals surface area contributed by atoms with Crippen LogP contribution in [-0.2, 0) is 0 Å². The summed E-state index contributed by atoms with van der Waals surface area (Å²) in [5.41, 5.74) is -1.63. The predicted molar refractivity (Wildman–Crippen MR) is 67.3 cm³/mol. The Morgan fingerprint density at radius 2 is 1.83 bits per heavy atom. The average molecular weight is 311 g/mol. The third-order valence-corrected chi connectivity index (χ3v) is 2.81. The van der Waals surface area contributed by atoms with E-state index in [0.717, 1.165) is 15.2 Å². The average Bonchev–Trinajstić information content (AvgIpc) is 2.30. The number of carboxylic acid groups (broad SMARTS) is 1. The minimum absolute atomic E-state index is 0.460. The van der Waals surface area contributed by atoms with E-state index >= 15 is 0 Å². The van der Waals surface area contributed by atoms with Crippen LogP contribution in [0.1, 0.15) is 10.4 Å². The van der Waals surface area contributed by atoms with Crippen molar-refractivity contribution in [3.8, 4) is 5.69 Å². The number of rotatable bonds is 2. The number of aromatic nitrogens is 2. The second-order valence-electron chi connectivity index (χ2n) is 3.45. The molecule has 1 aromatic heterocycles. The first-order valence-corrected chi connectivity index (χ1v) is 5.63. The van der Waals surface area contributed by atoms with Crippen LogP contribution in [0.4, 0.5) is 0 Å². The molecule has 0 radical (unpaired) electrons. The van der Waals surface area contributed by atoms with Crippen LogP contribution in [0.5, 0.6) is 0 Å². The number of hydrogen-bond donors (Lipinski definition) is 2. The van der Waals surface area contributed by atoms with Gasteiger partial charge in [-0.25, -0.2) is 9.59 Å². The van der Waals surface area contributed by atoms with E-state index in [2.05, 4.69) is 15.9 Å². The monoisotopic (exact) mass is 310 g/mol. The maximum absolute atomic E-state index is 11.6. The summed E-state index contributed by atoms with van der Waals surface area (Å²) >= 11 is 3.25. The van der Waals surface area contributed by atoms with Gasteiger partial charge in [-0.3, -0.25) is 14.3 Å². The highest BCUT2D eigenvalue weighted by Crippen LogP contribution is 2.12. The second kappa shape index (κ2) is 4.61. The Kier molecular flexibility index (Phi) is 3.15. The summed E-state index contributed by atoms with van der Waals surface area (Å²) in [7, 11) is 0. The molecular formula is C11H7BrN2O4. The van der Waals surface area contributed by atoms with Gasteiger partial charge in [0, 0.05) is 10.7 Å². The lowest BCUT2D eigenvalue weighted by molar-refractivity contribution is 0.0694. The van der Waals surface area contributed by atoms with Gasteiger partial charge < -0.3 is 5.11 Å². The maximum atomic E-state index is 11.6. The molecule has 18 heavy (non-hydrogen) atoms. The third-order valence-electron chi connectivity index (χ3n) is 2.28. The first-order valence-electron chi connectivity index (χ1n) is 4.84. The van der Waals surface area contributed by atoms with E-state index < -0.39 is 22.8 Å². The molecule has 0 saturated heterocycles. The van der Waals surface area contributed by atoms with Gasteiger partial charge in [-0.05, 0) is 24.3 Å². The zero-order valence-electron chi connectivity index (χ0n) is 8.88. The Balaban J connectivity index is 2.68. The normalized spacial score (nSPS) is 10.3. The molecule has 92 valence electrons. The highest BCUT2D eigenvalue weighted by atomic mass is 79.9. The molecular weight excluding hydrogens is 304 g/mol. The standard InChI is InChI=1S/C11H7BrN2O4/c12-6-1-3-7(4-2-6)14-5-8(10(16)17)9(15)13-11(14)18/h1-5H,(H,16,17)(H,13,15,18). The number of benzene rings is 1. The molecule has 0 saturated carbocycles. The minimum atomic E-state index is -1.39. The summed E-state index contributed by atoms with van der Waals surface area (Å²) in [6, 6.07) is 6.64. The lowest BCUT2D eigenvalue weighted by atomic mass is 10.3. The van der Waals surface area contributed by atoms with E-state index in [1.165, 1.54) is 0 Å². The molecule has 0 bridgehead atoms. The summed E-state index contributed by atoms with van der Waals surface area (Å²) in [6.07, 6.45) is 1.01. The van der Waals surface area contributed by atoms with Crippen LogP contribution >= 0.6 is 15.9 Å². The number of carboxylic acids is 1. The van der Waals surface area contributed by atoms with Gasteiger partial charge in [0.25, 0.3) is 5.56 Å². The van der Waals surface area contributed by atoms with Crippen LogP contribution < -0.4 is 11.2 Å². The zero-order valence-corrected chi connectivity index (χ0v) is 10.5. The van der Waals surface area contributed by atoms with E-state index in [1.54, 1.807) is 24.3 Å². The second-order valence-corrected chi connectivity index (χ2v) is 4.37. The number of halogens is 1. The molecule has 2 rings (SSSR count). The highest BCUT2D eigenvalue weighted by Gasteiger charge is 2.12. The molecule has 2 aromatic rings. The fourth-order valence-corrected chi connectivity index (χ4v) is 1.68. The molecule has 0 aliphatic rings. The van der Waals surface area contributed by atoms with Gasteiger partial charge in [0.15, 0.2) is 0 Å². The van der Waals surface area contributed by atoms with Gasteiger partial charge in [0.05, 0.1) is 5.69 Å². The van der Waals surface area contributed by atoms with Crippen molar-refractivity contribution in [1.29, 1.82) is 0 Å². The highest BCUT2D eigenvalue weighted by molar-refractivity contribution is 9.10. The summed E-state index contributed by atoms with van der Waals surface area (Å²) < 4.78 is 1.89. The van der Waals surface area contributed by atoms with Crippen molar-refractivity contribution in [2.24, 2.45) is 0 Å². The number of carbonyl (C=O) groups is 1. The van der Waals surface area contributed by atoms with Gasteiger partial charge >= 0.3 is 11.7 Å². The lowest BCUT2D eigenvalue weighted by Gasteiger charge is -2.05. The fraction of sp³-hybridized carbons (Fsp3) is 0. The smallest absolute Gasteiger partial charge is 0.342 e. The van der Waals surface area contributed by atoms with Crippen molar-refractivity contribution in [2.75, 3.05) is 0 Å². The first-order chi connectivity index (χ1) is 8.49. The van der Waals surface area contributed by atoms with Gasteiger partial charge in [0.1, 0.15) is 5.56 Å². The summed E-state index contributed by atoms with van der Waals surface area (Å²) in [5, 5.41) is 8.83. The molecule has 0 amide bonds. The SMILES string of the molecule is O=C(O)c1cn(-c2ccc(Br)cc2)c(=O)[nH]c1=O. The van der Waals surface area contributed by atoms with Crippen LogP contribution in [0.2, 0.25) is 0 Å². The number of H-pyrrole nitrogens is 1. The molecule has 1 aromatic carbocycles. The van der Waals surface area contributed by atoms with E-state index in [4.69, 9.17) is 5.11 Å². The van der Waals surface area contributed by atoms with Crippen molar-refractivity contribution < 1.29 is 9.90 Å². The molecule has 0 spiro atoms. The Hall–Kier alpha value is -2.15. The molecule has 6 nitrogen and oxygen atoms in total. The molecule has 0 fully saturated rings. The lowest BCUT2D eigenvalue weighted by Crippen LogP contribution is -2.32. The quantitative estimate of drug-likeness (QED) is 0.865. The largest absolute Gasteiger partial charge is 0.477 e. The van der Waals surface area contributed by atoms with Crippen molar-refractivity contribution in [3.05, 3.63) is 61.3 Å². The van der Waals surface area contributed by atoms with Crippen LogP contribution in [0.15, 0.2) is 44.5 Å². The van der Waals surface area contributed by atoms with E-state index in [0.29, 0.717) is 5.69 Å². The zero-order chi connectivity index (χ0) is 13.3. The number of nitrogens with one attached hydrogen (secondary N) is 1. The molecule has 0 aliphatic carbocycles. The summed E-state index contributed by atoms with van der Waals surface area (Å²) in [6.45, 7) is 0. The van der Waals surface area contributed by atoms with Crippen molar-refractivity contribution in [1.82, 2.24) is 9.55 Å². The molecule has 0 unspecified atom stereocenters. The minimum Gasteiger partial charge on any atom is -0.477 e. The molecule has 1 heterocycles.